The molecule has 0 amide bonds. The maximum absolute atomic E-state index is 4.79. The Morgan fingerprint density at radius 1 is 0.545 bits per heavy atom. The number of pyridine rings is 2. The van der Waals surface area contributed by atoms with Gasteiger partial charge < -0.3 is 0 Å². The zero-order valence-electron chi connectivity index (χ0n) is 11.7. The first-order valence-corrected chi connectivity index (χ1v) is 6.99. The minimum atomic E-state index is 0.819. The molecular formula is C18H12N4. The topological polar surface area (TPSA) is 51.6 Å². The molecule has 3 aromatic heterocycles. The second-order valence-electron chi connectivity index (χ2n) is 4.89. The molecule has 4 rings (SSSR count). The first kappa shape index (κ1) is 12.6. The van der Waals surface area contributed by atoms with Gasteiger partial charge in [-0.15, -0.1) is 0 Å². The van der Waals surface area contributed by atoms with E-state index in [2.05, 4.69) is 9.97 Å². The number of nitrogens with zero attached hydrogens (tertiary/aromatic N) is 4. The van der Waals surface area contributed by atoms with Crippen LogP contribution < -0.4 is 0 Å². The summed E-state index contributed by atoms with van der Waals surface area (Å²) >= 11 is 0. The van der Waals surface area contributed by atoms with Gasteiger partial charge in [0.1, 0.15) is 0 Å². The van der Waals surface area contributed by atoms with Crippen LogP contribution in [0.4, 0.5) is 0 Å². The van der Waals surface area contributed by atoms with E-state index < -0.39 is 0 Å². The third-order valence-corrected chi connectivity index (χ3v) is 3.44. The Kier molecular flexibility index (Phi) is 3.05. The largest absolute Gasteiger partial charge is 0.264 e. The van der Waals surface area contributed by atoms with Crippen molar-refractivity contribution in [2.45, 2.75) is 0 Å². The summed E-state index contributed by atoms with van der Waals surface area (Å²) in [6.45, 7) is 0. The predicted molar refractivity (Wildman–Crippen MR) is 86.0 cm³/mol. The highest BCUT2D eigenvalue weighted by Gasteiger charge is 2.13. The summed E-state index contributed by atoms with van der Waals surface area (Å²) in [5.41, 5.74) is 5.27. The standard InChI is InChI=1S/C18H12N4/c1-2-8-16-15(7-1)21-17(13-5-3-9-19-11-13)18(22-16)14-6-4-10-20-12-14/h1-12H. The lowest BCUT2D eigenvalue weighted by Crippen LogP contribution is -1.95. The van der Waals surface area contributed by atoms with Gasteiger partial charge in [-0.05, 0) is 36.4 Å². The van der Waals surface area contributed by atoms with E-state index in [-0.39, 0.29) is 0 Å². The van der Waals surface area contributed by atoms with Gasteiger partial charge in [0.15, 0.2) is 0 Å². The van der Waals surface area contributed by atoms with E-state index >= 15 is 0 Å². The molecule has 0 unspecified atom stereocenters. The van der Waals surface area contributed by atoms with E-state index in [0.29, 0.717) is 0 Å². The van der Waals surface area contributed by atoms with Gasteiger partial charge in [-0.25, -0.2) is 9.97 Å². The SMILES string of the molecule is c1cncc(-c2nc3ccccc3nc2-c2cccnc2)c1. The van der Waals surface area contributed by atoms with Crippen LogP contribution in [0.5, 0.6) is 0 Å². The zero-order valence-corrected chi connectivity index (χ0v) is 11.7. The average Bonchev–Trinajstić information content (AvgIpc) is 2.62. The molecule has 1 aromatic carbocycles. The first-order chi connectivity index (χ1) is 10.9. The summed E-state index contributed by atoms with van der Waals surface area (Å²) in [5.74, 6) is 0. The van der Waals surface area contributed by atoms with Crippen molar-refractivity contribution in [3.63, 3.8) is 0 Å². The highest BCUT2D eigenvalue weighted by Crippen LogP contribution is 2.29. The van der Waals surface area contributed by atoms with Gasteiger partial charge in [0.05, 0.1) is 22.4 Å². The first-order valence-electron chi connectivity index (χ1n) is 6.99. The molecule has 0 saturated heterocycles. The van der Waals surface area contributed by atoms with Crippen molar-refractivity contribution in [1.82, 2.24) is 19.9 Å². The molecule has 0 bridgehead atoms. The minimum absolute atomic E-state index is 0.819. The molecule has 0 aliphatic rings. The van der Waals surface area contributed by atoms with Crippen LogP contribution in [-0.2, 0) is 0 Å². The Bertz CT molecular complexity index is 843. The molecular weight excluding hydrogens is 272 g/mol. The summed E-state index contributed by atoms with van der Waals surface area (Å²) in [5, 5.41) is 0. The fourth-order valence-corrected chi connectivity index (χ4v) is 2.41. The van der Waals surface area contributed by atoms with Crippen LogP contribution in [0.15, 0.2) is 73.3 Å². The highest BCUT2D eigenvalue weighted by molar-refractivity contribution is 5.85. The summed E-state index contributed by atoms with van der Waals surface area (Å²) in [6, 6.07) is 15.7. The van der Waals surface area contributed by atoms with Crippen LogP contribution in [0, 0.1) is 0 Å². The van der Waals surface area contributed by atoms with Crippen molar-refractivity contribution in [2.24, 2.45) is 0 Å². The van der Waals surface area contributed by atoms with Crippen molar-refractivity contribution < 1.29 is 0 Å². The van der Waals surface area contributed by atoms with Crippen LogP contribution in [0.3, 0.4) is 0 Å². The molecule has 0 radical (unpaired) electrons. The summed E-state index contributed by atoms with van der Waals surface area (Å²) < 4.78 is 0. The molecule has 0 N–H and O–H groups in total. The molecule has 0 aliphatic heterocycles. The van der Waals surface area contributed by atoms with Crippen molar-refractivity contribution in [3.05, 3.63) is 73.3 Å². The highest BCUT2D eigenvalue weighted by atomic mass is 14.8. The molecule has 0 fully saturated rings. The lowest BCUT2D eigenvalue weighted by molar-refractivity contribution is 1.25. The van der Waals surface area contributed by atoms with Crippen LogP contribution in [0.25, 0.3) is 33.5 Å². The molecule has 104 valence electrons. The van der Waals surface area contributed by atoms with Crippen molar-refractivity contribution in [1.29, 1.82) is 0 Å². The van der Waals surface area contributed by atoms with Gasteiger partial charge in [0, 0.05) is 35.9 Å². The lowest BCUT2D eigenvalue weighted by atomic mass is 10.1. The third-order valence-electron chi connectivity index (χ3n) is 3.44. The Morgan fingerprint density at radius 3 is 1.45 bits per heavy atom. The van der Waals surface area contributed by atoms with E-state index in [1.165, 1.54) is 0 Å². The van der Waals surface area contributed by atoms with Crippen molar-refractivity contribution in [2.75, 3.05) is 0 Å². The van der Waals surface area contributed by atoms with Gasteiger partial charge in [0.2, 0.25) is 0 Å². The smallest absolute Gasteiger partial charge is 0.0989 e. The number of rotatable bonds is 2. The maximum atomic E-state index is 4.79. The summed E-state index contributed by atoms with van der Waals surface area (Å²) in [6.07, 6.45) is 7.11. The minimum Gasteiger partial charge on any atom is -0.264 e. The van der Waals surface area contributed by atoms with Crippen LogP contribution in [-0.4, -0.2) is 19.9 Å². The van der Waals surface area contributed by atoms with E-state index in [0.717, 1.165) is 33.5 Å². The summed E-state index contributed by atoms with van der Waals surface area (Å²) in [4.78, 5) is 18.0. The monoisotopic (exact) mass is 284 g/mol. The normalized spacial score (nSPS) is 10.7. The zero-order chi connectivity index (χ0) is 14.8. The maximum Gasteiger partial charge on any atom is 0.0989 e. The number of benzene rings is 1. The van der Waals surface area contributed by atoms with Crippen LogP contribution >= 0.6 is 0 Å². The molecule has 0 aliphatic carbocycles. The van der Waals surface area contributed by atoms with Crippen LogP contribution in [0.1, 0.15) is 0 Å². The lowest BCUT2D eigenvalue weighted by Gasteiger charge is -2.09. The fourth-order valence-electron chi connectivity index (χ4n) is 2.41. The molecule has 3 heterocycles. The number of hydrogen-bond donors (Lipinski definition) is 0. The quantitative estimate of drug-likeness (QED) is 0.562. The van der Waals surface area contributed by atoms with E-state index in [1.807, 2.05) is 48.5 Å². The number of hydrogen-bond acceptors (Lipinski definition) is 4. The van der Waals surface area contributed by atoms with E-state index in [1.54, 1.807) is 24.8 Å². The average molecular weight is 284 g/mol. The molecule has 0 spiro atoms. The van der Waals surface area contributed by atoms with E-state index in [4.69, 9.17) is 9.97 Å². The van der Waals surface area contributed by atoms with Crippen molar-refractivity contribution in [3.8, 4) is 22.5 Å². The third kappa shape index (κ3) is 2.20. The summed E-state index contributed by atoms with van der Waals surface area (Å²) in [7, 11) is 0. The van der Waals surface area contributed by atoms with Crippen molar-refractivity contribution >= 4 is 11.0 Å². The Balaban J connectivity index is 2.04. The predicted octanol–water partition coefficient (Wildman–Crippen LogP) is 3.75. The van der Waals surface area contributed by atoms with Gasteiger partial charge in [0.25, 0.3) is 0 Å². The van der Waals surface area contributed by atoms with Gasteiger partial charge in [-0.2, -0.15) is 0 Å². The molecule has 4 nitrogen and oxygen atoms in total. The van der Waals surface area contributed by atoms with Gasteiger partial charge >= 0.3 is 0 Å². The Hall–Kier alpha value is -3.14. The second-order valence-corrected chi connectivity index (χ2v) is 4.89. The Morgan fingerprint density at radius 2 is 1.05 bits per heavy atom. The van der Waals surface area contributed by atoms with E-state index in [9.17, 15) is 0 Å². The molecule has 4 heteroatoms. The van der Waals surface area contributed by atoms with Gasteiger partial charge in [-0.1, -0.05) is 12.1 Å². The van der Waals surface area contributed by atoms with Crippen LogP contribution in [0.2, 0.25) is 0 Å². The second kappa shape index (κ2) is 5.33. The molecule has 0 saturated carbocycles. The number of fused-ring (bicyclic) bond motifs is 1. The fraction of sp³-hybridized carbons (Fsp3) is 0. The van der Waals surface area contributed by atoms with Gasteiger partial charge in [-0.3, -0.25) is 9.97 Å². The molecule has 4 aromatic rings. The number of aromatic nitrogens is 4. The number of para-hydroxylation sites is 2. The molecule has 22 heavy (non-hydrogen) atoms. The Labute approximate surface area is 127 Å². The molecule has 0 atom stereocenters.